The summed E-state index contributed by atoms with van der Waals surface area (Å²) >= 11 is 0. The Morgan fingerprint density at radius 2 is 2.00 bits per heavy atom. The zero-order valence-electron chi connectivity index (χ0n) is 10.5. The van der Waals surface area contributed by atoms with E-state index in [0.29, 0.717) is 30.0 Å². The minimum Gasteiger partial charge on any atom is -0.481 e. The fraction of sp³-hybridized carbons (Fsp3) is 0.455. The number of carboxylic acids is 1. The molecular weight excluding hydrogens is 273 g/mol. The lowest BCUT2D eigenvalue weighted by Gasteiger charge is -2.06. The summed E-state index contributed by atoms with van der Waals surface area (Å²) in [7, 11) is 0. The highest BCUT2D eigenvalue weighted by molar-refractivity contribution is 5.76. The zero-order chi connectivity index (χ0) is 15.1. The van der Waals surface area contributed by atoms with Gasteiger partial charge in [0.05, 0.1) is 6.20 Å². The lowest BCUT2D eigenvalue weighted by Crippen LogP contribution is -2.40. The number of aliphatic carboxylic acids is 1. The van der Waals surface area contributed by atoms with Crippen molar-refractivity contribution in [2.45, 2.75) is 25.7 Å². The molecule has 1 amide bonds. The molecule has 0 spiro atoms. The second-order valence-electron chi connectivity index (χ2n) is 4.04. The molecule has 0 aliphatic heterocycles. The van der Waals surface area contributed by atoms with E-state index in [4.69, 9.17) is 5.11 Å². The van der Waals surface area contributed by atoms with Crippen LogP contribution in [-0.4, -0.2) is 33.2 Å². The summed E-state index contributed by atoms with van der Waals surface area (Å²) in [6.45, 7) is 0.214. The number of aromatic amines is 1. The molecule has 1 aromatic rings. The second-order valence-corrected chi connectivity index (χ2v) is 4.04. The van der Waals surface area contributed by atoms with Crippen LogP contribution in [0, 0.1) is 5.82 Å². The van der Waals surface area contributed by atoms with Gasteiger partial charge in [-0.1, -0.05) is 6.42 Å². The van der Waals surface area contributed by atoms with Gasteiger partial charge >= 0.3 is 17.7 Å². The maximum absolute atomic E-state index is 12.9. The average molecular weight is 287 g/mol. The topological polar surface area (TPSA) is 121 Å². The van der Waals surface area contributed by atoms with Crippen molar-refractivity contribution >= 4 is 12.0 Å². The number of unbranched alkanes of at least 4 members (excludes halogenated alkanes) is 2. The lowest BCUT2D eigenvalue weighted by molar-refractivity contribution is -0.137. The van der Waals surface area contributed by atoms with Gasteiger partial charge in [-0.2, -0.15) is 4.39 Å². The molecule has 0 aliphatic carbocycles. The van der Waals surface area contributed by atoms with Crippen molar-refractivity contribution in [1.29, 1.82) is 0 Å². The average Bonchev–Trinajstić information content (AvgIpc) is 2.37. The van der Waals surface area contributed by atoms with Crippen molar-refractivity contribution in [3.63, 3.8) is 0 Å². The van der Waals surface area contributed by atoms with Gasteiger partial charge in [-0.15, -0.1) is 0 Å². The predicted molar refractivity (Wildman–Crippen MR) is 66.2 cm³/mol. The Morgan fingerprint density at radius 3 is 2.65 bits per heavy atom. The number of hydrogen-bond acceptors (Lipinski definition) is 4. The van der Waals surface area contributed by atoms with Crippen LogP contribution in [0.25, 0.3) is 0 Å². The van der Waals surface area contributed by atoms with Gasteiger partial charge in [-0.3, -0.25) is 14.6 Å². The summed E-state index contributed by atoms with van der Waals surface area (Å²) in [5.41, 5.74) is -2.22. The van der Waals surface area contributed by atoms with Crippen molar-refractivity contribution in [3.05, 3.63) is 32.9 Å². The molecular formula is C11H14FN3O5. The molecule has 1 aromatic heterocycles. The third-order valence-corrected chi connectivity index (χ3v) is 2.46. The van der Waals surface area contributed by atoms with Crippen molar-refractivity contribution in [1.82, 2.24) is 14.9 Å². The van der Waals surface area contributed by atoms with E-state index < -0.39 is 29.1 Å². The first-order valence-electron chi connectivity index (χ1n) is 5.93. The number of nitrogens with one attached hydrogen (secondary N) is 2. The molecule has 20 heavy (non-hydrogen) atoms. The molecule has 0 fully saturated rings. The Morgan fingerprint density at radius 1 is 1.30 bits per heavy atom. The monoisotopic (exact) mass is 287 g/mol. The Balaban J connectivity index is 2.44. The molecule has 0 aliphatic rings. The van der Waals surface area contributed by atoms with Crippen LogP contribution in [0.2, 0.25) is 0 Å². The van der Waals surface area contributed by atoms with E-state index >= 15 is 0 Å². The fourth-order valence-electron chi connectivity index (χ4n) is 1.46. The number of carbonyl (C=O) groups is 2. The second kappa shape index (κ2) is 7.22. The quantitative estimate of drug-likeness (QED) is 0.630. The summed E-state index contributed by atoms with van der Waals surface area (Å²) < 4.78 is 13.4. The number of nitrogens with zero attached hydrogens (tertiary/aromatic N) is 1. The Kier molecular flexibility index (Phi) is 5.63. The highest BCUT2D eigenvalue weighted by Crippen LogP contribution is 1.98. The Hall–Kier alpha value is -2.45. The van der Waals surface area contributed by atoms with Crippen LogP contribution in [0.15, 0.2) is 15.8 Å². The number of aromatic nitrogens is 2. The minimum atomic E-state index is -1.23. The molecule has 0 bridgehead atoms. The zero-order valence-corrected chi connectivity index (χ0v) is 10.5. The standard InChI is InChI=1S/C11H14FN3O5/c12-7-6-15(11(20)14-9(7)18)10(19)13-5-3-1-2-4-8(16)17/h6H,1-5H2,(H,13,19)(H,16,17)(H,14,18,20). The van der Waals surface area contributed by atoms with Crippen LogP contribution in [0.3, 0.4) is 0 Å². The van der Waals surface area contributed by atoms with Gasteiger partial charge in [-0.05, 0) is 12.8 Å². The first kappa shape index (κ1) is 15.6. The predicted octanol–water partition coefficient (Wildman–Crippen LogP) is -0.122. The maximum atomic E-state index is 12.9. The highest BCUT2D eigenvalue weighted by Gasteiger charge is 2.10. The number of carboxylic acid groups (broad SMARTS) is 1. The molecule has 0 saturated heterocycles. The molecule has 9 heteroatoms. The van der Waals surface area contributed by atoms with E-state index in [1.807, 2.05) is 0 Å². The van der Waals surface area contributed by atoms with Gasteiger partial charge in [0.15, 0.2) is 0 Å². The van der Waals surface area contributed by atoms with Crippen LogP contribution in [0.5, 0.6) is 0 Å². The van der Waals surface area contributed by atoms with Crippen LogP contribution in [0.1, 0.15) is 25.7 Å². The van der Waals surface area contributed by atoms with E-state index in [1.165, 1.54) is 0 Å². The number of hydrogen-bond donors (Lipinski definition) is 3. The molecule has 0 saturated carbocycles. The summed E-state index contributed by atoms with van der Waals surface area (Å²) in [4.78, 5) is 45.5. The van der Waals surface area contributed by atoms with E-state index in [2.05, 4.69) is 5.32 Å². The number of halogens is 1. The van der Waals surface area contributed by atoms with Crippen LogP contribution >= 0.6 is 0 Å². The minimum absolute atomic E-state index is 0.0541. The Bertz CT molecular complexity index is 607. The molecule has 0 radical (unpaired) electrons. The highest BCUT2D eigenvalue weighted by atomic mass is 19.1. The smallest absolute Gasteiger partial charge is 0.336 e. The third kappa shape index (κ3) is 4.67. The van der Waals surface area contributed by atoms with Gasteiger partial charge in [0.1, 0.15) is 0 Å². The molecule has 110 valence electrons. The normalized spacial score (nSPS) is 10.2. The van der Waals surface area contributed by atoms with Crippen molar-refractivity contribution in [3.8, 4) is 0 Å². The van der Waals surface area contributed by atoms with E-state index in [-0.39, 0.29) is 13.0 Å². The number of H-pyrrole nitrogens is 1. The summed E-state index contributed by atoms with van der Waals surface area (Å²) in [6, 6.07) is -0.858. The van der Waals surface area contributed by atoms with Crippen LogP contribution in [0.4, 0.5) is 9.18 Å². The van der Waals surface area contributed by atoms with Crippen LogP contribution in [-0.2, 0) is 4.79 Å². The molecule has 1 heterocycles. The maximum Gasteiger partial charge on any atom is 0.336 e. The Labute approximate surface area is 112 Å². The number of carbonyl (C=O) groups excluding carboxylic acids is 1. The molecule has 0 atom stereocenters. The van der Waals surface area contributed by atoms with Gasteiger partial charge in [0.2, 0.25) is 5.82 Å². The first-order valence-corrected chi connectivity index (χ1v) is 5.93. The van der Waals surface area contributed by atoms with E-state index in [1.54, 1.807) is 4.98 Å². The SMILES string of the molecule is O=C(O)CCCCCNC(=O)n1cc(F)c(=O)[nH]c1=O. The molecule has 8 nitrogen and oxygen atoms in total. The molecule has 3 N–H and O–H groups in total. The molecule has 0 aromatic carbocycles. The van der Waals surface area contributed by atoms with E-state index in [9.17, 15) is 23.6 Å². The third-order valence-electron chi connectivity index (χ3n) is 2.46. The van der Waals surface area contributed by atoms with Crippen molar-refractivity contribution in [2.75, 3.05) is 6.54 Å². The molecule has 1 rings (SSSR count). The fourth-order valence-corrected chi connectivity index (χ4v) is 1.46. The number of amides is 1. The van der Waals surface area contributed by atoms with Gasteiger partial charge in [0.25, 0.3) is 5.56 Å². The summed E-state index contributed by atoms with van der Waals surface area (Å²) in [5, 5.41) is 10.8. The largest absolute Gasteiger partial charge is 0.481 e. The first-order chi connectivity index (χ1) is 9.41. The van der Waals surface area contributed by atoms with Gasteiger partial charge in [-0.25, -0.2) is 14.2 Å². The van der Waals surface area contributed by atoms with Crippen molar-refractivity contribution in [2.24, 2.45) is 0 Å². The lowest BCUT2D eigenvalue weighted by atomic mass is 10.2. The van der Waals surface area contributed by atoms with Crippen LogP contribution < -0.4 is 16.6 Å². The van der Waals surface area contributed by atoms with Crippen molar-refractivity contribution < 1.29 is 19.1 Å². The summed E-state index contributed by atoms with van der Waals surface area (Å²) in [5.74, 6) is -2.12. The van der Waals surface area contributed by atoms with Gasteiger partial charge < -0.3 is 10.4 Å². The number of rotatable bonds is 6. The molecule has 0 unspecified atom stereocenters. The van der Waals surface area contributed by atoms with Gasteiger partial charge in [0, 0.05) is 13.0 Å². The van der Waals surface area contributed by atoms with E-state index in [0.717, 1.165) is 0 Å². The summed E-state index contributed by atoms with van der Waals surface area (Å²) in [6.07, 6.45) is 2.18.